The van der Waals surface area contributed by atoms with Crippen LogP contribution in [-0.2, 0) is 16.0 Å². The van der Waals surface area contributed by atoms with Crippen molar-refractivity contribution in [2.45, 2.75) is 25.2 Å². The summed E-state index contributed by atoms with van der Waals surface area (Å²) in [5.74, 6) is 1.69. The smallest absolute Gasteiger partial charge is 0.227 e. The largest absolute Gasteiger partial charge is 0.493 e. The van der Waals surface area contributed by atoms with Crippen molar-refractivity contribution >= 4 is 11.8 Å². The van der Waals surface area contributed by atoms with Crippen molar-refractivity contribution in [2.75, 3.05) is 41.0 Å². The minimum Gasteiger partial charge on any atom is -0.493 e. The molecule has 176 valence electrons. The van der Waals surface area contributed by atoms with Crippen LogP contribution in [-0.4, -0.2) is 57.7 Å². The maximum atomic E-state index is 13.2. The molecule has 2 aromatic rings. The van der Waals surface area contributed by atoms with E-state index in [1.807, 2.05) is 47.4 Å². The molecular weight excluding hydrogens is 420 g/mol. The Morgan fingerprint density at radius 3 is 2.21 bits per heavy atom. The van der Waals surface area contributed by atoms with E-state index in [4.69, 9.17) is 14.2 Å². The second kappa shape index (κ2) is 10.1. The van der Waals surface area contributed by atoms with E-state index in [0.29, 0.717) is 49.2 Å². The Morgan fingerprint density at radius 1 is 0.970 bits per heavy atom. The minimum atomic E-state index is -0.341. The molecule has 1 saturated heterocycles. The highest BCUT2D eigenvalue weighted by Crippen LogP contribution is 2.43. The minimum absolute atomic E-state index is 0.00402. The summed E-state index contributed by atoms with van der Waals surface area (Å²) < 4.78 is 16.5. The maximum Gasteiger partial charge on any atom is 0.227 e. The number of ether oxygens (including phenoxy) is 3. The van der Waals surface area contributed by atoms with E-state index in [0.717, 1.165) is 11.1 Å². The molecule has 0 spiro atoms. The van der Waals surface area contributed by atoms with Gasteiger partial charge in [-0.3, -0.25) is 9.59 Å². The Kier molecular flexibility index (Phi) is 7.06. The maximum absolute atomic E-state index is 13.2. The van der Waals surface area contributed by atoms with E-state index in [2.05, 4.69) is 5.32 Å². The molecule has 0 bridgehead atoms. The summed E-state index contributed by atoms with van der Waals surface area (Å²) in [7, 11) is 4.71. The van der Waals surface area contributed by atoms with Crippen LogP contribution in [0.15, 0.2) is 42.5 Å². The Morgan fingerprint density at radius 2 is 1.64 bits per heavy atom. The van der Waals surface area contributed by atoms with Crippen molar-refractivity contribution in [3.8, 4) is 17.2 Å². The van der Waals surface area contributed by atoms with Crippen molar-refractivity contribution in [3.05, 3.63) is 53.6 Å². The Balaban J connectivity index is 1.60. The van der Waals surface area contributed by atoms with Crippen molar-refractivity contribution < 1.29 is 23.8 Å². The van der Waals surface area contributed by atoms with E-state index >= 15 is 0 Å². The van der Waals surface area contributed by atoms with Gasteiger partial charge in [0.1, 0.15) is 0 Å². The fourth-order valence-corrected chi connectivity index (χ4v) is 4.51. The van der Waals surface area contributed by atoms with Crippen molar-refractivity contribution in [3.63, 3.8) is 0 Å². The third-order valence-corrected chi connectivity index (χ3v) is 6.58. The number of carbonyl (C=O) groups is 2. The number of nitrogens with one attached hydrogen (secondary N) is 1. The lowest BCUT2D eigenvalue weighted by atomic mass is 9.88. The summed E-state index contributed by atoms with van der Waals surface area (Å²) in [4.78, 5) is 28.1. The number of benzene rings is 2. The molecule has 1 heterocycles. The predicted molar refractivity (Wildman–Crippen MR) is 125 cm³/mol. The monoisotopic (exact) mass is 452 g/mol. The molecule has 1 aliphatic carbocycles. The van der Waals surface area contributed by atoms with Crippen LogP contribution >= 0.6 is 0 Å². The fraction of sp³-hybridized carbons (Fsp3) is 0.462. The van der Waals surface area contributed by atoms with Gasteiger partial charge in [0, 0.05) is 25.6 Å². The third kappa shape index (κ3) is 5.24. The summed E-state index contributed by atoms with van der Waals surface area (Å²) in [6, 6.07) is 13.5. The van der Waals surface area contributed by atoms with Gasteiger partial charge in [0.25, 0.3) is 0 Å². The Bertz CT molecular complexity index is 964. The van der Waals surface area contributed by atoms with Crippen LogP contribution in [0.2, 0.25) is 0 Å². The lowest BCUT2D eigenvalue weighted by Gasteiger charge is -2.21. The Hall–Kier alpha value is -3.22. The zero-order valence-electron chi connectivity index (χ0n) is 19.5. The van der Waals surface area contributed by atoms with E-state index in [9.17, 15) is 9.59 Å². The van der Waals surface area contributed by atoms with Crippen LogP contribution in [0.4, 0.5) is 0 Å². The molecule has 2 amide bonds. The van der Waals surface area contributed by atoms with Gasteiger partial charge in [-0.1, -0.05) is 30.3 Å². The SMILES string of the molecule is COc1cc(C2CN(C(=O)Cc3ccccc3)CC2C(=O)NCC2CC2)cc(OC)c1OC. The van der Waals surface area contributed by atoms with Crippen LogP contribution in [0.25, 0.3) is 0 Å². The molecule has 0 radical (unpaired) electrons. The quantitative estimate of drug-likeness (QED) is 0.633. The standard InChI is InChI=1S/C26H32N2O5/c1-31-22-12-19(13-23(32-2)25(22)33-3)20-15-28(24(29)11-17-7-5-4-6-8-17)16-21(20)26(30)27-14-18-9-10-18/h4-8,12-13,18,20-21H,9-11,14-16H2,1-3H3,(H,27,30). The van der Waals surface area contributed by atoms with Gasteiger partial charge in [0.2, 0.25) is 17.6 Å². The summed E-state index contributed by atoms with van der Waals surface area (Å²) in [5.41, 5.74) is 1.86. The molecule has 1 aliphatic heterocycles. The molecule has 7 nitrogen and oxygen atoms in total. The predicted octanol–water partition coefficient (Wildman–Crippen LogP) is 3.02. The zero-order chi connectivity index (χ0) is 23.4. The van der Waals surface area contributed by atoms with Gasteiger partial charge in [-0.15, -0.1) is 0 Å². The van der Waals surface area contributed by atoms with Gasteiger partial charge in [-0.2, -0.15) is 0 Å². The van der Waals surface area contributed by atoms with Gasteiger partial charge in [-0.05, 0) is 42.0 Å². The average Bonchev–Trinajstić information content (AvgIpc) is 3.57. The Labute approximate surface area is 195 Å². The number of likely N-dealkylation sites (tertiary alicyclic amines) is 1. The molecule has 2 aliphatic rings. The first-order valence-corrected chi connectivity index (χ1v) is 11.4. The molecule has 4 rings (SSSR count). The summed E-state index contributed by atoms with van der Waals surface area (Å²) in [6.07, 6.45) is 2.66. The first-order valence-electron chi connectivity index (χ1n) is 11.4. The molecule has 33 heavy (non-hydrogen) atoms. The van der Waals surface area contributed by atoms with E-state index < -0.39 is 0 Å². The van der Waals surface area contributed by atoms with Gasteiger partial charge >= 0.3 is 0 Å². The number of nitrogens with zero attached hydrogens (tertiary/aromatic N) is 1. The van der Waals surface area contributed by atoms with Gasteiger partial charge in [-0.25, -0.2) is 0 Å². The highest BCUT2D eigenvalue weighted by molar-refractivity contribution is 5.84. The molecule has 1 saturated carbocycles. The summed E-state index contributed by atoms with van der Waals surface area (Å²) >= 11 is 0. The third-order valence-electron chi connectivity index (χ3n) is 6.58. The molecule has 2 atom stereocenters. The molecule has 2 fully saturated rings. The topological polar surface area (TPSA) is 77.1 Å². The number of amides is 2. The number of rotatable bonds is 9. The second-order valence-electron chi connectivity index (χ2n) is 8.82. The van der Waals surface area contributed by atoms with Gasteiger partial charge in [0.05, 0.1) is 33.7 Å². The van der Waals surface area contributed by atoms with Crippen LogP contribution in [0.3, 0.4) is 0 Å². The van der Waals surface area contributed by atoms with Crippen molar-refractivity contribution in [2.24, 2.45) is 11.8 Å². The number of hydrogen-bond donors (Lipinski definition) is 1. The van der Waals surface area contributed by atoms with Gasteiger partial charge in [0.15, 0.2) is 11.5 Å². The van der Waals surface area contributed by atoms with E-state index in [1.165, 1.54) is 12.8 Å². The highest BCUT2D eigenvalue weighted by atomic mass is 16.5. The zero-order valence-corrected chi connectivity index (χ0v) is 19.5. The fourth-order valence-electron chi connectivity index (χ4n) is 4.51. The van der Waals surface area contributed by atoms with Crippen molar-refractivity contribution in [1.29, 1.82) is 0 Å². The van der Waals surface area contributed by atoms with Crippen LogP contribution in [0.5, 0.6) is 17.2 Å². The highest BCUT2D eigenvalue weighted by Gasteiger charge is 2.41. The van der Waals surface area contributed by atoms with Crippen molar-refractivity contribution in [1.82, 2.24) is 10.2 Å². The summed E-state index contributed by atoms with van der Waals surface area (Å²) in [6.45, 7) is 1.56. The number of hydrogen-bond acceptors (Lipinski definition) is 5. The molecule has 2 aromatic carbocycles. The molecule has 0 aromatic heterocycles. The number of carbonyl (C=O) groups excluding carboxylic acids is 2. The lowest BCUT2D eigenvalue weighted by Crippen LogP contribution is -2.36. The van der Waals surface area contributed by atoms with Crippen LogP contribution in [0.1, 0.15) is 29.9 Å². The molecule has 7 heteroatoms. The van der Waals surface area contributed by atoms with Crippen LogP contribution in [0, 0.1) is 11.8 Å². The molecule has 1 N–H and O–H groups in total. The second-order valence-corrected chi connectivity index (χ2v) is 8.82. The van der Waals surface area contributed by atoms with E-state index in [-0.39, 0.29) is 23.7 Å². The number of methoxy groups -OCH3 is 3. The molecular formula is C26H32N2O5. The van der Waals surface area contributed by atoms with Crippen LogP contribution < -0.4 is 19.5 Å². The normalized spacial score (nSPS) is 19.8. The average molecular weight is 453 g/mol. The first kappa shape index (κ1) is 23.0. The first-order chi connectivity index (χ1) is 16.0. The lowest BCUT2D eigenvalue weighted by molar-refractivity contribution is -0.130. The summed E-state index contributed by atoms with van der Waals surface area (Å²) in [5, 5.41) is 3.11. The van der Waals surface area contributed by atoms with E-state index in [1.54, 1.807) is 21.3 Å². The molecule has 2 unspecified atom stereocenters. The van der Waals surface area contributed by atoms with Gasteiger partial charge < -0.3 is 24.4 Å².